The van der Waals surface area contributed by atoms with Gasteiger partial charge >= 0.3 is 0 Å². The molecule has 158 valence electrons. The van der Waals surface area contributed by atoms with Crippen molar-refractivity contribution in [2.24, 2.45) is 11.7 Å². The Kier molecular flexibility index (Phi) is 8.74. The molecule has 1 saturated heterocycles. The molecule has 3 rings (SSSR count). The number of carbonyl (C=O) groups excluding carboxylic acids is 1. The van der Waals surface area contributed by atoms with E-state index in [0.717, 1.165) is 44.1 Å². The largest absolute Gasteiger partial charge is 0.352 e. The summed E-state index contributed by atoms with van der Waals surface area (Å²) in [5, 5.41) is 3.02. The fraction of sp³-hybridized carbons (Fsp3) is 0.650. The molecule has 6 nitrogen and oxygen atoms in total. The monoisotopic (exact) mass is 429 g/mol. The molecule has 28 heavy (non-hydrogen) atoms. The fourth-order valence-electron chi connectivity index (χ4n) is 3.66. The highest BCUT2D eigenvalue weighted by Gasteiger charge is 2.31. The van der Waals surface area contributed by atoms with Crippen molar-refractivity contribution in [1.29, 1.82) is 0 Å². The summed E-state index contributed by atoms with van der Waals surface area (Å²) in [6.45, 7) is 1.70. The molecular formula is C20H32ClN3O3S. The van der Waals surface area contributed by atoms with Crippen molar-refractivity contribution >= 4 is 28.3 Å². The van der Waals surface area contributed by atoms with Gasteiger partial charge in [-0.05, 0) is 55.7 Å². The van der Waals surface area contributed by atoms with E-state index in [0.29, 0.717) is 43.3 Å². The molecule has 1 saturated carbocycles. The molecule has 0 bridgehead atoms. The van der Waals surface area contributed by atoms with Crippen LogP contribution in [0.2, 0.25) is 0 Å². The molecule has 8 heteroatoms. The molecule has 1 aliphatic carbocycles. The SMILES string of the molecule is Cl.NCC(NC(=O)CCc1ccc(S(=O)(=O)N2CCCCCC2)cc1)C1CC1. The average molecular weight is 430 g/mol. The minimum absolute atomic E-state index is 0. The van der Waals surface area contributed by atoms with Crippen LogP contribution in [0, 0.1) is 5.92 Å². The summed E-state index contributed by atoms with van der Waals surface area (Å²) in [5.74, 6) is 0.557. The third-order valence-corrected chi connectivity index (χ3v) is 7.47. The van der Waals surface area contributed by atoms with E-state index in [2.05, 4.69) is 5.32 Å². The van der Waals surface area contributed by atoms with E-state index >= 15 is 0 Å². The van der Waals surface area contributed by atoms with Crippen LogP contribution in [0.4, 0.5) is 0 Å². The maximum Gasteiger partial charge on any atom is 0.243 e. The molecule has 1 aliphatic heterocycles. The molecule has 1 aromatic carbocycles. The van der Waals surface area contributed by atoms with Crippen molar-refractivity contribution in [2.75, 3.05) is 19.6 Å². The molecule has 3 N–H and O–H groups in total. The minimum atomic E-state index is -3.42. The molecule has 0 aromatic heterocycles. The molecule has 1 aromatic rings. The number of aryl methyl sites for hydroxylation is 1. The van der Waals surface area contributed by atoms with E-state index in [1.54, 1.807) is 16.4 Å². The number of carbonyl (C=O) groups is 1. The third-order valence-electron chi connectivity index (χ3n) is 5.56. The topological polar surface area (TPSA) is 92.5 Å². The van der Waals surface area contributed by atoms with Crippen LogP contribution in [-0.2, 0) is 21.2 Å². The quantitative estimate of drug-likeness (QED) is 0.663. The summed E-state index contributed by atoms with van der Waals surface area (Å²) in [7, 11) is -3.42. The maximum absolute atomic E-state index is 12.8. The van der Waals surface area contributed by atoms with Crippen molar-refractivity contribution in [1.82, 2.24) is 9.62 Å². The lowest BCUT2D eigenvalue weighted by Crippen LogP contribution is -2.41. The van der Waals surface area contributed by atoms with Crippen molar-refractivity contribution in [2.45, 2.75) is 62.3 Å². The van der Waals surface area contributed by atoms with Crippen LogP contribution >= 0.6 is 12.4 Å². The number of hydrogen-bond donors (Lipinski definition) is 2. The lowest BCUT2D eigenvalue weighted by atomic mass is 10.1. The molecule has 1 heterocycles. The number of nitrogens with one attached hydrogen (secondary N) is 1. The van der Waals surface area contributed by atoms with Crippen LogP contribution in [0.3, 0.4) is 0 Å². The molecule has 1 atom stereocenters. The third kappa shape index (κ3) is 6.17. The number of amides is 1. The number of halogens is 1. The molecule has 2 aliphatic rings. The van der Waals surface area contributed by atoms with Gasteiger partial charge in [-0.1, -0.05) is 25.0 Å². The van der Waals surface area contributed by atoms with E-state index in [1.165, 1.54) is 0 Å². The van der Waals surface area contributed by atoms with Crippen molar-refractivity contribution in [3.63, 3.8) is 0 Å². The zero-order valence-corrected chi connectivity index (χ0v) is 17.9. The van der Waals surface area contributed by atoms with E-state index in [-0.39, 0.29) is 24.4 Å². The number of sulfonamides is 1. The van der Waals surface area contributed by atoms with Crippen LogP contribution < -0.4 is 11.1 Å². The molecule has 1 amide bonds. The predicted octanol–water partition coefficient (Wildman–Crippen LogP) is 2.46. The van der Waals surface area contributed by atoms with Crippen molar-refractivity contribution in [3.8, 4) is 0 Å². The van der Waals surface area contributed by atoms with Gasteiger partial charge in [-0.15, -0.1) is 12.4 Å². The molecular weight excluding hydrogens is 398 g/mol. The molecule has 0 spiro atoms. The summed E-state index contributed by atoms with van der Waals surface area (Å²) < 4.78 is 27.2. The number of nitrogens with zero attached hydrogens (tertiary/aromatic N) is 1. The van der Waals surface area contributed by atoms with Crippen LogP contribution in [0.5, 0.6) is 0 Å². The summed E-state index contributed by atoms with van der Waals surface area (Å²) in [5.41, 5.74) is 6.69. The first-order valence-electron chi connectivity index (χ1n) is 10.1. The van der Waals surface area contributed by atoms with Crippen molar-refractivity contribution in [3.05, 3.63) is 29.8 Å². The van der Waals surface area contributed by atoms with Gasteiger partial charge in [0.15, 0.2) is 0 Å². The zero-order chi connectivity index (χ0) is 19.3. The first kappa shape index (κ1) is 23.1. The van der Waals surface area contributed by atoms with E-state index < -0.39 is 10.0 Å². The van der Waals surface area contributed by atoms with Gasteiger partial charge in [0.1, 0.15) is 0 Å². The first-order valence-corrected chi connectivity index (χ1v) is 11.5. The number of nitrogens with two attached hydrogens (primary N) is 1. The Morgan fingerprint density at radius 1 is 1.11 bits per heavy atom. The smallest absolute Gasteiger partial charge is 0.243 e. The Morgan fingerprint density at radius 2 is 1.71 bits per heavy atom. The van der Waals surface area contributed by atoms with Gasteiger partial charge in [0.2, 0.25) is 15.9 Å². The Labute approximate surface area is 174 Å². The van der Waals surface area contributed by atoms with Gasteiger partial charge in [-0.3, -0.25) is 4.79 Å². The Hall–Kier alpha value is -1.15. The average Bonchev–Trinajstić information content (AvgIpc) is 3.51. The Balaban J connectivity index is 0.00000280. The first-order chi connectivity index (χ1) is 13.0. The van der Waals surface area contributed by atoms with Crippen LogP contribution in [0.25, 0.3) is 0 Å². The van der Waals surface area contributed by atoms with E-state index in [9.17, 15) is 13.2 Å². The number of hydrogen-bond acceptors (Lipinski definition) is 4. The minimum Gasteiger partial charge on any atom is -0.352 e. The summed E-state index contributed by atoms with van der Waals surface area (Å²) in [6, 6.07) is 7.07. The summed E-state index contributed by atoms with van der Waals surface area (Å²) in [4.78, 5) is 12.5. The van der Waals surface area contributed by atoms with Gasteiger partial charge in [0, 0.05) is 32.1 Å². The second-order valence-electron chi connectivity index (χ2n) is 7.71. The standard InChI is InChI=1S/C20H31N3O3S.ClH/c21-15-19(17-8-9-17)22-20(24)12-7-16-5-10-18(11-6-16)27(25,26)23-13-3-1-2-4-14-23;/h5-6,10-11,17,19H,1-4,7-9,12-15,21H2,(H,22,24);1H. The second-order valence-corrected chi connectivity index (χ2v) is 9.65. The molecule has 0 radical (unpaired) electrons. The number of benzene rings is 1. The number of rotatable bonds is 8. The second kappa shape index (κ2) is 10.6. The van der Waals surface area contributed by atoms with Crippen molar-refractivity contribution < 1.29 is 13.2 Å². The van der Waals surface area contributed by atoms with Gasteiger partial charge in [-0.2, -0.15) is 4.31 Å². The van der Waals surface area contributed by atoms with E-state index in [1.807, 2.05) is 12.1 Å². The van der Waals surface area contributed by atoms with Gasteiger partial charge < -0.3 is 11.1 Å². The lowest BCUT2D eigenvalue weighted by molar-refractivity contribution is -0.121. The predicted molar refractivity (Wildman–Crippen MR) is 113 cm³/mol. The molecule has 2 fully saturated rings. The Morgan fingerprint density at radius 3 is 2.25 bits per heavy atom. The summed E-state index contributed by atoms with van der Waals surface area (Å²) in [6.07, 6.45) is 7.33. The van der Waals surface area contributed by atoms with E-state index in [4.69, 9.17) is 5.73 Å². The zero-order valence-electron chi connectivity index (χ0n) is 16.3. The lowest BCUT2D eigenvalue weighted by Gasteiger charge is -2.20. The van der Waals surface area contributed by atoms with Gasteiger partial charge in [0.05, 0.1) is 4.90 Å². The van der Waals surface area contributed by atoms with Gasteiger partial charge in [0.25, 0.3) is 0 Å². The highest BCUT2D eigenvalue weighted by molar-refractivity contribution is 7.89. The van der Waals surface area contributed by atoms with Gasteiger partial charge in [-0.25, -0.2) is 8.42 Å². The normalized spacial score (nSPS) is 19.3. The van der Waals surface area contributed by atoms with Crippen LogP contribution in [0.15, 0.2) is 29.2 Å². The summed E-state index contributed by atoms with van der Waals surface area (Å²) >= 11 is 0. The fourth-order valence-corrected chi connectivity index (χ4v) is 5.18. The van der Waals surface area contributed by atoms with Crippen LogP contribution in [-0.4, -0.2) is 44.3 Å². The Bertz CT molecular complexity index is 728. The highest BCUT2D eigenvalue weighted by atomic mass is 35.5. The maximum atomic E-state index is 12.8. The van der Waals surface area contributed by atoms with Crippen LogP contribution in [0.1, 0.15) is 50.5 Å². The molecule has 1 unspecified atom stereocenters. The highest BCUT2D eigenvalue weighted by Crippen LogP contribution is 2.32.